The third-order valence-corrected chi connectivity index (χ3v) is 4.04. The van der Waals surface area contributed by atoms with E-state index in [1.165, 1.54) is 17.8 Å². The van der Waals surface area contributed by atoms with Crippen LogP contribution in [0.4, 0.5) is 8.78 Å². The summed E-state index contributed by atoms with van der Waals surface area (Å²) < 4.78 is 25.9. The van der Waals surface area contributed by atoms with Crippen molar-refractivity contribution < 1.29 is 8.78 Å². The Morgan fingerprint density at radius 3 is 2.50 bits per heavy atom. The second kappa shape index (κ2) is 6.24. The molecule has 0 radical (unpaired) electrons. The molecule has 3 N–H and O–H groups in total. The smallest absolute Gasteiger partial charge is 0.159 e. The molecule has 0 saturated carbocycles. The van der Waals surface area contributed by atoms with Gasteiger partial charge in [-0.1, -0.05) is 23.7 Å². The maximum Gasteiger partial charge on any atom is 0.159 e. The number of halogens is 3. The average Bonchev–Trinajstić information content (AvgIpc) is 2.41. The summed E-state index contributed by atoms with van der Waals surface area (Å²) >= 11 is 7.45. The van der Waals surface area contributed by atoms with Gasteiger partial charge in [-0.15, -0.1) is 11.8 Å². The fraction of sp³-hybridized carbons (Fsp3) is 0.0714. The second-order valence-electron chi connectivity index (χ2n) is 4.08. The van der Waals surface area contributed by atoms with Crippen LogP contribution in [0.1, 0.15) is 11.1 Å². The molecule has 104 valence electrons. The molecule has 0 aliphatic rings. The minimum absolute atomic E-state index is 0.0493. The summed E-state index contributed by atoms with van der Waals surface area (Å²) in [7, 11) is 0. The highest BCUT2D eigenvalue weighted by atomic mass is 35.5. The molecule has 0 fully saturated rings. The van der Waals surface area contributed by atoms with Gasteiger partial charge < -0.3 is 5.73 Å². The number of benzene rings is 2. The maximum absolute atomic E-state index is 13.1. The lowest BCUT2D eigenvalue weighted by Crippen LogP contribution is -2.10. The number of nitrogens with two attached hydrogens (primary N) is 1. The highest BCUT2D eigenvalue weighted by molar-refractivity contribution is 7.98. The Morgan fingerprint density at radius 1 is 1.15 bits per heavy atom. The highest BCUT2D eigenvalue weighted by Crippen LogP contribution is 2.28. The number of hydrogen-bond acceptors (Lipinski definition) is 2. The van der Waals surface area contributed by atoms with Crippen molar-refractivity contribution in [1.29, 1.82) is 5.41 Å². The van der Waals surface area contributed by atoms with Crippen LogP contribution in [0, 0.1) is 17.0 Å². The van der Waals surface area contributed by atoms with Gasteiger partial charge in [-0.25, -0.2) is 8.78 Å². The predicted molar refractivity (Wildman–Crippen MR) is 78.4 cm³/mol. The summed E-state index contributed by atoms with van der Waals surface area (Å²) in [6.45, 7) is 0. The number of nitrogens with one attached hydrogen (secondary N) is 1. The van der Waals surface area contributed by atoms with Crippen molar-refractivity contribution in [3.63, 3.8) is 0 Å². The van der Waals surface area contributed by atoms with E-state index in [0.717, 1.165) is 17.7 Å². The van der Waals surface area contributed by atoms with Gasteiger partial charge in [-0.05, 0) is 29.8 Å². The quantitative estimate of drug-likeness (QED) is 0.505. The molecule has 0 spiro atoms. The molecule has 0 aliphatic heterocycles. The van der Waals surface area contributed by atoms with Crippen LogP contribution in [0.25, 0.3) is 0 Å². The van der Waals surface area contributed by atoms with Crippen molar-refractivity contribution >= 4 is 29.2 Å². The molecule has 0 aromatic heterocycles. The average molecular weight is 313 g/mol. The summed E-state index contributed by atoms with van der Waals surface area (Å²) in [5.74, 6) is -1.26. The molecule has 0 amide bonds. The van der Waals surface area contributed by atoms with Gasteiger partial charge in [0.15, 0.2) is 11.6 Å². The van der Waals surface area contributed by atoms with Crippen LogP contribution in [-0.2, 0) is 5.75 Å². The molecule has 20 heavy (non-hydrogen) atoms. The van der Waals surface area contributed by atoms with E-state index < -0.39 is 11.6 Å². The van der Waals surface area contributed by atoms with Crippen LogP contribution in [0.5, 0.6) is 0 Å². The zero-order valence-corrected chi connectivity index (χ0v) is 11.9. The van der Waals surface area contributed by atoms with E-state index in [-0.39, 0.29) is 5.84 Å². The van der Waals surface area contributed by atoms with Crippen LogP contribution < -0.4 is 5.73 Å². The Balaban J connectivity index is 2.10. The van der Waals surface area contributed by atoms with E-state index in [2.05, 4.69) is 0 Å². The number of hydrogen-bond donors (Lipinski definition) is 2. The van der Waals surface area contributed by atoms with E-state index in [0.29, 0.717) is 21.2 Å². The normalized spacial score (nSPS) is 10.6. The largest absolute Gasteiger partial charge is 0.384 e. The van der Waals surface area contributed by atoms with Gasteiger partial charge in [-0.3, -0.25) is 5.41 Å². The number of amidine groups is 1. The lowest BCUT2D eigenvalue weighted by Gasteiger charge is -2.07. The molecule has 2 rings (SSSR count). The fourth-order valence-corrected chi connectivity index (χ4v) is 2.81. The Kier molecular flexibility index (Phi) is 4.62. The van der Waals surface area contributed by atoms with Gasteiger partial charge in [0, 0.05) is 21.2 Å². The first-order valence-electron chi connectivity index (χ1n) is 5.68. The molecule has 0 atom stereocenters. The molecule has 0 unspecified atom stereocenters. The first-order chi connectivity index (χ1) is 9.47. The first-order valence-corrected chi connectivity index (χ1v) is 7.04. The van der Waals surface area contributed by atoms with Crippen LogP contribution in [0.2, 0.25) is 5.02 Å². The van der Waals surface area contributed by atoms with Gasteiger partial charge in [0.05, 0.1) is 0 Å². The lowest BCUT2D eigenvalue weighted by atomic mass is 10.1. The molecule has 0 heterocycles. The zero-order valence-electron chi connectivity index (χ0n) is 10.3. The summed E-state index contributed by atoms with van der Waals surface area (Å²) in [5, 5.41) is 7.81. The minimum Gasteiger partial charge on any atom is -0.384 e. The molecule has 2 aromatic carbocycles. The van der Waals surface area contributed by atoms with Crippen LogP contribution >= 0.6 is 23.4 Å². The van der Waals surface area contributed by atoms with Gasteiger partial charge in [0.2, 0.25) is 0 Å². The summed E-state index contributed by atoms with van der Waals surface area (Å²) in [4.78, 5) is 0.621. The number of rotatable bonds is 4. The zero-order chi connectivity index (χ0) is 14.7. The van der Waals surface area contributed by atoms with E-state index in [1.807, 2.05) is 0 Å². The standard InChI is InChI=1S/C14H11ClF2N2S/c15-11-5-8(14(18)19)1-2-9(11)7-20-10-3-4-12(16)13(17)6-10/h1-6H,7H2,(H3,18,19). The third kappa shape index (κ3) is 3.49. The number of thioether (sulfide) groups is 1. The molecule has 0 bridgehead atoms. The topological polar surface area (TPSA) is 49.9 Å². The first kappa shape index (κ1) is 14.8. The van der Waals surface area contributed by atoms with Crippen molar-refractivity contribution in [3.05, 3.63) is 64.2 Å². The van der Waals surface area contributed by atoms with Gasteiger partial charge in [0.1, 0.15) is 5.84 Å². The van der Waals surface area contributed by atoms with E-state index >= 15 is 0 Å². The van der Waals surface area contributed by atoms with Crippen molar-refractivity contribution in [2.45, 2.75) is 10.6 Å². The maximum atomic E-state index is 13.1. The van der Waals surface area contributed by atoms with Crippen molar-refractivity contribution in [3.8, 4) is 0 Å². The predicted octanol–water partition coefficient (Wildman–Crippen LogP) is 4.19. The Morgan fingerprint density at radius 2 is 1.90 bits per heavy atom. The van der Waals surface area contributed by atoms with Crippen LogP contribution in [-0.4, -0.2) is 5.84 Å². The number of nitrogen functional groups attached to an aromatic ring is 1. The summed E-state index contributed by atoms with van der Waals surface area (Å²) in [5.41, 5.74) is 6.76. The van der Waals surface area contributed by atoms with Crippen LogP contribution in [0.3, 0.4) is 0 Å². The molecular formula is C14H11ClF2N2S. The lowest BCUT2D eigenvalue weighted by molar-refractivity contribution is 0.506. The summed E-state index contributed by atoms with van der Waals surface area (Å²) in [6, 6.07) is 8.85. The van der Waals surface area contributed by atoms with E-state index in [1.54, 1.807) is 18.2 Å². The van der Waals surface area contributed by atoms with Gasteiger partial charge in [0.25, 0.3) is 0 Å². The SMILES string of the molecule is N=C(N)c1ccc(CSc2ccc(F)c(F)c2)c(Cl)c1. The van der Waals surface area contributed by atoms with Crippen molar-refractivity contribution in [2.75, 3.05) is 0 Å². The molecule has 0 aliphatic carbocycles. The second-order valence-corrected chi connectivity index (χ2v) is 5.54. The fourth-order valence-electron chi connectivity index (χ4n) is 1.56. The summed E-state index contributed by atoms with van der Waals surface area (Å²) in [6.07, 6.45) is 0. The minimum atomic E-state index is -0.868. The van der Waals surface area contributed by atoms with Crippen molar-refractivity contribution in [1.82, 2.24) is 0 Å². The van der Waals surface area contributed by atoms with E-state index in [4.69, 9.17) is 22.7 Å². The molecule has 0 saturated heterocycles. The monoisotopic (exact) mass is 312 g/mol. The molecule has 6 heteroatoms. The molecule has 2 aromatic rings. The Labute approximate surface area is 124 Å². The van der Waals surface area contributed by atoms with E-state index in [9.17, 15) is 8.78 Å². The molecule has 2 nitrogen and oxygen atoms in total. The van der Waals surface area contributed by atoms with Crippen LogP contribution in [0.15, 0.2) is 41.3 Å². The van der Waals surface area contributed by atoms with Gasteiger partial charge in [-0.2, -0.15) is 0 Å². The van der Waals surface area contributed by atoms with Gasteiger partial charge >= 0.3 is 0 Å². The highest BCUT2D eigenvalue weighted by Gasteiger charge is 2.07. The molecular weight excluding hydrogens is 302 g/mol. The Hall–Kier alpha value is -1.59. The Bertz CT molecular complexity index is 662. The van der Waals surface area contributed by atoms with Crippen molar-refractivity contribution in [2.24, 2.45) is 5.73 Å². The third-order valence-electron chi connectivity index (χ3n) is 2.65.